The summed E-state index contributed by atoms with van der Waals surface area (Å²) in [5, 5.41) is 2.40. The summed E-state index contributed by atoms with van der Waals surface area (Å²) in [6.45, 7) is 4.70. The van der Waals surface area contributed by atoms with E-state index in [2.05, 4.69) is 102 Å². The van der Waals surface area contributed by atoms with Crippen LogP contribution in [0.5, 0.6) is 0 Å². The molecule has 0 unspecified atom stereocenters. The Morgan fingerprint density at radius 1 is 0.468 bits per heavy atom. The average Bonchev–Trinajstić information content (AvgIpc) is 3.47. The smallest absolute Gasteiger partial charge is 0.164 e. The van der Waals surface area contributed by atoms with Crippen LogP contribution in [-0.4, -0.2) is 19.5 Å². The molecule has 0 saturated heterocycles. The van der Waals surface area contributed by atoms with Crippen molar-refractivity contribution in [3.05, 3.63) is 151 Å². The predicted molar refractivity (Wildman–Crippen MR) is 191 cm³/mol. The molecule has 2 aliphatic rings. The number of hydrogen-bond acceptors (Lipinski definition) is 4. The van der Waals surface area contributed by atoms with E-state index in [0.29, 0.717) is 17.5 Å². The van der Waals surface area contributed by atoms with Gasteiger partial charge in [-0.1, -0.05) is 117 Å². The molecule has 0 radical (unpaired) electrons. The van der Waals surface area contributed by atoms with Crippen LogP contribution in [0, 0.1) is 0 Å². The van der Waals surface area contributed by atoms with E-state index in [1.54, 1.807) is 0 Å². The molecule has 0 atom stereocenters. The number of aromatic nitrogens is 4. The van der Waals surface area contributed by atoms with E-state index in [1.807, 2.05) is 60.7 Å². The van der Waals surface area contributed by atoms with Gasteiger partial charge in [-0.2, -0.15) is 0 Å². The molecule has 0 bridgehead atoms. The number of fused-ring (bicyclic) bond motifs is 8. The second kappa shape index (κ2) is 9.47. The number of rotatable bonds is 3. The Morgan fingerprint density at radius 3 is 1.72 bits per heavy atom. The predicted octanol–water partition coefficient (Wildman–Crippen LogP) is 10.4. The SMILES string of the molecule is CC1(C)c2ccccc2N2c3ccccc3-n3c4ccc(-c5nc(-c6ccccc6)nc(-c6ccccc6)n5)cc4c4ccc1c2c43. The molecule has 5 nitrogen and oxygen atoms in total. The Morgan fingerprint density at radius 2 is 1.04 bits per heavy atom. The molecule has 10 rings (SSSR count). The van der Waals surface area contributed by atoms with Gasteiger partial charge in [-0.3, -0.25) is 0 Å². The van der Waals surface area contributed by atoms with E-state index in [-0.39, 0.29) is 5.41 Å². The Kier molecular flexibility index (Phi) is 5.28. The van der Waals surface area contributed by atoms with Gasteiger partial charge in [0.25, 0.3) is 0 Å². The summed E-state index contributed by atoms with van der Waals surface area (Å²) in [5.74, 6) is 1.98. The summed E-state index contributed by atoms with van der Waals surface area (Å²) in [7, 11) is 0. The molecule has 2 aliphatic heterocycles. The first kappa shape index (κ1) is 26.2. The Bertz CT molecular complexity index is 2490. The highest BCUT2D eigenvalue weighted by Gasteiger charge is 2.41. The van der Waals surface area contributed by atoms with Crippen LogP contribution < -0.4 is 4.90 Å². The molecule has 47 heavy (non-hydrogen) atoms. The zero-order valence-electron chi connectivity index (χ0n) is 26.0. The summed E-state index contributed by atoms with van der Waals surface area (Å²) in [5.41, 5.74) is 12.7. The van der Waals surface area contributed by atoms with Gasteiger partial charge in [-0.25, -0.2) is 15.0 Å². The minimum absolute atomic E-state index is 0.151. The molecule has 2 aromatic heterocycles. The Balaban J connectivity index is 1.26. The lowest BCUT2D eigenvalue weighted by molar-refractivity contribution is 0.632. The topological polar surface area (TPSA) is 46.8 Å². The third-order valence-electron chi connectivity index (χ3n) is 9.94. The van der Waals surface area contributed by atoms with Gasteiger partial charge >= 0.3 is 0 Å². The van der Waals surface area contributed by atoms with Crippen molar-refractivity contribution in [3.63, 3.8) is 0 Å². The molecule has 0 amide bonds. The summed E-state index contributed by atoms with van der Waals surface area (Å²) >= 11 is 0. The van der Waals surface area contributed by atoms with E-state index in [9.17, 15) is 0 Å². The fraction of sp³-hybridized carbons (Fsp3) is 0.0714. The van der Waals surface area contributed by atoms with Gasteiger partial charge in [0.05, 0.1) is 33.8 Å². The van der Waals surface area contributed by atoms with Gasteiger partial charge in [-0.05, 0) is 47.5 Å². The highest BCUT2D eigenvalue weighted by molar-refractivity contribution is 6.18. The Hall–Kier alpha value is -6.07. The Labute approximate surface area is 272 Å². The van der Waals surface area contributed by atoms with E-state index >= 15 is 0 Å². The highest BCUT2D eigenvalue weighted by Crippen LogP contribution is 2.58. The molecule has 6 aromatic carbocycles. The zero-order chi connectivity index (χ0) is 31.3. The third-order valence-corrected chi connectivity index (χ3v) is 9.94. The first-order chi connectivity index (χ1) is 23.1. The highest BCUT2D eigenvalue weighted by atomic mass is 15.2. The fourth-order valence-electron chi connectivity index (χ4n) is 7.70. The first-order valence-electron chi connectivity index (χ1n) is 16.1. The van der Waals surface area contributed by atoms with Crippen LogP contribution in [0.25, 0.3) is 61.7 Å². The number of nitrogens with zero attached hydrogens (tertiary/aromatic N) is 5. The van der Waals surface area contributed by atoms with Gasteiger partial charge in [0.2, 0.25) is 0 Å². The maximum absolute atomic E-state index is 5.03. The maximum Gasteiger partial charge on any atom is 0.164 e. The molecule has 4 heterocycles. The van der Waals surface area contributed by atoms with Crippen LogP contribution in [0.1, 0.15) is 25.0 Å². The largest absolute Gasteiger partial charge is 0.306 e. The lowest BCUT2D eigenvalue weighted by atomic mass is 9.73. The van der Waals surface area contributed by atoms with Crippen molar-refractivity contribution in [1.82, 2.24) is 19.5 Å². The molecular formula is C42H29N5. The number of para-hydroxylation sites is 3. The van der Waals surface area contributed by atoms with E-state index in [1.165, 1.54) is 55.7 Å². The minimum atomic E-state index is -0.151. The summed E-state index contributed by atoms with van der Waals surface area (Å²) in [6, 6.07) is 49.2. The van der Waals surface area contributed by atoms with Crippen molar-refractivity contribution in [2.75, 3.05) is 4.90 Å². The number of hydrogen-bond donors (Lipinski definition) is 0. The van der Waals surface area contributed by atoms with Gasteiger partial charge < -0.3 is 9.47 Å². The maximum atomic E-state index is 5.03. The first-order valence-corrected chi connectivity index (χ1v) is 16.1. The van der Waals surface area contributed by atoms with Crippen molar-refractivity contribution in [2.45, 2.75) is 19.3 Å². The molecule has 0 fully saturated rings. The molecule has 0 saturated carbocycles. The third kappa shape index (κ3) is 3.62. The number of benzene rings is 6. The number of anilines is 3. The monoisotopic (exact) mass is 603 g/mol. The van der Waals surface area contributed by atoms with Crippen LogP contribution >= 0.6 is 0 Å². The normalized spacial score (nSPS) is 13.9. The molecule has 222 valence electrons. The molecule has 0 aliphatic carbocycles. The molecular weight excluding hydrogens is 574 g/mol. The lowest BCUT2D eigenvalue weighted by Crippen LogP contribution is -2.32. The summed E-state index contributed by atoms with van der Waals surface area (Å²) in [6.07, 6.45) is 0. The fourth-order valence-corrected chi connectivity index (χ4v) is 7.70. The molecule has 0 N–H and O–H groups in total. The second-order valence-corrected chi connectivity index (χ2v) is 12.9. The van der Waals surface area contributed by atoms with Crippen LogP contribution in [0.2, 0.25) is 0 Å². The van der Waals surface area contributed by atoms with Crippen LogP contribution in [0.4, 0.5) is 17.1 Å². The standard InChI is InChI=1S/C42H29N5/c1-42(2)31-17-9-10-18-34(31)47-36-20-12-11-19-35(36)46-33-24-21-28(25-30(33)29-22-23-32(42)38(47)37(29)46)41-44-39(26-13-5-3-6-14-26)43-40(45-41)27-15-7-4-8-16-27/h3-25H,1-2H3. The van der Waals surface area contributed by atoms with Crippen molar-refractivity contribution >= 4 is 38.9 Å². The quantitative estimate of drug-likeness (QED) is 0.202. The summed E-state index contributed by atoms with van der Waals surface area (Å²) < 4.78 is 2.46. The minimum Gasteiger partial charge on any atom is -0.306 e. The molecule has 8 aromatic rings. The van der Waals surface area contributed by atoms with Gasteiger partial charge in [0.15, 0.2) is 17.5 Å². The van der Waals surface area contributed by atoms with E-state index in [0.717, 1.165) is 16.7 Å². The van der Waals surface area contributed by atoms with Gasteiger partial charge in [-0.15, -0.1) is 0 Å². The average molecular weight is 604 g/mol. The second-order valence-electron chi connectivity index (χ2n) is 12.9. The van der Waals surface area contributed by atoms with Crippen molar-refractivity contribution in [1.29, 1.82) is 0 Å². The van der Waals surface area contributed by atoms with Crippen molar-refractivity contribution in [2.24, 2.45) is 0 Å². The van der Waals surface area contributed by atoms with Crippen molar-refractivity contribution in [3.8, 4) is 39.9 Å². The molecule has 5 heteroatoms. The van der Waals surface area contributed by atoms with E-state index < -0.39 is 0 Å². The van der Waals surface area contributed by atoms with Crippen molar-refractivity contribution < 1.29 is 0 Å². The van der Waals surface area contributed by atoms with Crippen LogP contribution in [0.15, 0.2) is 140 Å². The zero-order valence-corrected chi connectivity index (χ0v) is 26.0. The summed E-state index contributed by atoms with van der Waals surface area (Å²) in [4.78, 5) is 17.5. The van der Waals surface area contributed by atoms with Gasteiger partial charge in [0.1, 0.15) is 0 Å². The molecule has 0 spiro atoms. The van der Waals surface area contributed by atoms with Crippen LogP contribution in [0.3, 0.4) is 0 Å². The van der Waals surface area contributed by atoms with Gasteiger partial charge in [0, 0.05) is 32.9 Å². The van der Waals surface area contributed by atoms with Crippen LogP contribution in [-0.2, 0) is 5.41 Å². The van der Waals surface area contributed by atoms with E-state index in [4.69, 9.17) is 15.0 Å². The lowest BCUT2D eigenvalue weighted by Gasteiger charge is -2.44.